The predicted octanol–water partition coefficient (Wildman–Crippen LogP) is 3.24. The zero-order chi connectivity index (χ0) is 17.1. The molecule has 0 radical (unpaired) electrons. The molecule has 1 aliphatic heterocycles. The highest BCUT2D eigenvalue weighted by Gasteiger charge is 2.22. The van der Waals surface area contributed by atoms with Gasteiger partial charge in [0.05, 0.1) is 10.6 Å². The number of hydrogen-bond donors (Lipinski definition) is 2. The third-order valence-electron chi connectivity index (χ3n) is 4.36. The SMILES string of the molecule is O=C(NCC1CCCN(c2nccs2)C1)c1cc(-c2cccs2)[nH]n1. The molecule has 1 aliphatic rings. The van der Waals surface area contributed by atoms with Gasteiger partial charge in [-0.1, -0.05) is 6.07 Å². The van der Waals surface area contributed by atoms with Gasteiger partial charge in [0, 0.05) is 31.2 Å². The summed E-state index contributed by atoms with van der Waals surface area (Å²) in [6.45, 7) is 2.65. The second-order valence-corrected chi connectivity index (χ2v) is 7.94. The van der Waals surface area contributed by atoms with Gasteiger partial charge in [0.25, 0.3) is 5.91 Å². The fourth-order valence-corrected chi connectivity index (χ4v) is 4.47. The van der Waals surface area contributed by atoms with E-state index in [0.717, 1.165) is 41.6 Å². The molecule has 1 atom stereocenters. The lowest BCUT2D eigenvalue weighted by Gasteiger charge is -2.32. The highest BCUT2D eigenvalue weighted by atomic mass is 32.1. The standard InChI is InChI=1S/C17H19N5OS2/c23-16(14-9-13(20-21-14)15-4-2-7-24-15)19-10-12-3-1-6-22(11-12)17-18-5-8-25-17/h2,4-5,7-9,12H,1,3,6,10-11H2,(H,19,23)(H,20,21). The van der Waals surface area contributed by atoms with Crippen molar-refractivity contribution in [2.75, 3.05) is 24.5 Å². The molecule has 2 N–H and O–H groups in total. The second-order valence-electron chi connectivity index (χ2n) is 6.12. The molecule has 8 heteroatoms. The fraction of sp³-hybridized carbons (Fsp3) is 0.353. The third-order valence-corrected chi connectivity index (χ3v) is 6.09. The molecule has 25 heavy (non-hydrogen) atoms. The first-order chi connectivity index (χ1) is 12.3. The van der Waals surface area contributed by atoms with Crippen LogP contribution >= 0.6 is 22.7 Å². The molecule has 1 amide bonds. The molecular weight excluding hydrogens is 354 g/mol. The van der Waals surface area contributed by atoms with Gasteiger partial charge >= 0.3 is 0 Å². The lowest BCUT2D eigenvalue weighted by atomic mass is 9.98. The van der Waals surface area contributed by atoms with Gasteiger partial charge in [0.15, 0.2) is 10.8 Å². The smallest absolute Gasteiger partial charge is 0.271 e. The number of nitrogens with zero attached hydrogens (tertiary/aromatic N) is 3. The van der Waals surface area contributed by atoms with Crippen LogP contribution in [0.25, 0.3) is 10.6 Å². The van der Waals surface area contributed by atoms with Gasteiger partial charge in [-0.2, -0.15) is 5.10 Å². The van der Waals surface area contributed by atoms with Gasteiger partial charge in [0.1, 0.15) is 0 Å². The Morgan fingerprint density at radius 3 is 3.16 bits per heavy atom. The minimum absolute atomic E-state index is 0.120. The lowest BCUT2D eigenvalue weighted by molar-refractivity contribution is 0.0940. The number of carbonyl (C=O) groups is 1. The number of H-pyrrole nitrogens is 1. The Bertz CT molecular complexity index is 812. The quantitative estimate of drug-likeness (QED) is 0.720. The average Bonchev–Trinajstić information content (AvgIpc) is 3.41. The zero-order valence-electron chi connectivity index (χ0n) is 13.6. The van der Waals surface area contributed by atoms with Crippen LogP contribution in [0.4, 0.5) is 5.13 Å². The van der Waals surface area contributed by atoms with Gasteiger partial charge in [-0.25, -0.2) is 4.98 Å². The fourth-order valence-electron chi connectivity index (χ4n) is 3.10. The molecule has 0 aromatic carbocycles. The minimum atomic E-state index is -0.120. The zero-order valence-corrected chi connectivity index (χ0v) is 15.3. The van der Waals surface area contributed by atoms with E-state index in [-0.39, 0.29) is 5.91 Å². The molecule has 3 aromatic rings. The Hall–Kier alpha value is -2.19. The van der Waals surface area contributed by atoms with Crippen molar-refractivity contribution in [1.29, 1.82) is 0 Å². The first-order valence-corrected chi connectivity index (χ1v) is 10.1. The lowest BCUT2D eigenvalue weighted by Crippen LogP contribution is -2.41. The van der Waals surface area contributed by atoms with E-state index in [0.29, 0.717) is 18.2 Å². The van der Waals surface area contributed by atoms with E-state index in [4.69, 9.17) is 0 Å². The summed E-state index contributed by atoms with van der Waals surface area (Å²) in [6, 6.07) is 5.80. The van der Waals surface area contributed by atoms with Crippen LogP contribution in [0.15, 0.2) is 35.2 Å². The molecule has 4 rings (SSSR count). The number of aromatic amines is 1. The van der Waals surface area contributed by atoms with Crippen LogP contribution in [-0.2, 0) is 0 Å². The minimum Gasteiger partial charge on any atom is -0.350 e. The second kappa shape index (κ2) is 7.37. The number of aromatic nitrogens is 3. The number of nitrogens with one attached hydrogen (secondary N) is 2. The molecule has 4 heterocycles. The van der Waals surface area contributed by atoms with E-state index in [9.17, 15) is 4.79 Å². The summed E-state index contributed by atoms with van der Waals surface area (Å²) in [4.78, 5) is 20.1. The normalized spacial score (nSPS) is 17.6. The highest BCUT2D eigenvalue weighted by molar-refractivity contribution is 7.13. The molecule has 0 saturated carbocycles. The van der Waals surface area contributed by atoms with Crippen molar-refractivity contribution < 1.29 is 4.79 Å². The maximum atomic E-state index is 12.4. The van der Waals surface area contributed by atoms with Crippen LogP contribution in [0.5, 0.6) is 0 Å². The molecule has 0 spiro atoms. The summed E-state index contributed by atoms with van der Waals surface area (Å²) in [5, 5.41) is 15.2. The summed E-state index contributed by atoms with van der Waals surface area (Å²) >= 11 is 3.29. The van der Waals surface area contributed by atoms with Gasteiger partial charge in [-0.05, 0) is 36.3 Å². The van der Waals surface area contributed by atoms with Crippen LogP contribution in [0.2, 0.25) is 0 Å². The maximum absolute atomic E-state index is 12.4. The van der Waals surface area contributed by atoms with E-state index in [2.05, 4.69) is 25.4 Å². The van der Waals surface area contributed by atoms with Crippen molar-refractivity contribution in [2.45, 2.75) is 12.8 Å². The highest BCUT2D eigenvalue weighted by Crippen LogP contribution is 2.25. The number of amides is 1. The average molecular weight is 374 g/mol. The Kier molecular flexibility index (Phi) is 4.80. The number of thiophene rings is 1. The number of thiazole rings is 1. The summed E-state index contributed by atoms with van der Waals surface area (Å²) in [7, 11) is 0. The van der Waals surface area contributed by atoms with E-state index in [1.54, 1.807) is 22.7 Å². The summed E-state index contributed by atoms with van der Waals surface area (Å²) in [5.74, 6) is 0.322. The monoisotopic (exact) mass is 373 g/mol. The first-order valence-electron chi connectivity index (χ1n) is 8.31. The molecular formula is C17H19N5OS2. The molecule has 1 unspecified atom stereocenters. The number of carbonyl (C=O) groups excluding carboxylic acids is 1. The van der Waals surface area contributed by atoms with Crippen molar-refractivity contribution in [2.24, 2.45) is 5.92 Å². The molecule has 0 aliphatic carbocycles. The summed E-state index contributed by atoms with van der Waals surface area (Å²) < 4.78 is 0. The molecule has 0 bridgehead atoms. The van der Waals surface area contributed by atoms with E-state index >= 15 is 0 Å². The van der Waals surface area contributed by atoms with Crippen molar-refractivity contribution in [1.82, 2.24) is 20.5 Å². The van der Waals surface area contributed by atoms with E-state index < -0.39 is 0 Å². The Morgan fingerprint density at radius 2 is 2.36 bits per heavy atom. The number of rotatable bonds is 5. The van der Waals surface area contributed by atoms with Crippen LogP contribution in [0.1, 0.15) is 23.3 Å². The van der Waals surface area contributed by atoms with Crippen molar-refractivity contribution in [3.8, 4) is 10.6 Å². The van der Waals surface area contributed by atoms with Crippen LogP contribution in [0, 0.1) is 5.92 Å². The van der Waals surface area contributed by atoms with E-state index in [1.165, 1.54) is 0 Å². The van der Waals surface area contributed by atoms with E-state index in [1.807, 2.05) is 35.2 Å². The number of hydrogen-bond acceptors (Lipinski definition) is 6. The predicted molar refractivity (Wildman–Crippen MR) is 101 cm³/mol. The third kappa shape index (κ3) is 3.74. The van der Waals surface area contributed by atoms with Crippen molar-refractivity contribution >= 4 is 33.7 Å². The molecule has 1 saturated heterocycles. The molecule has 130 valence electrons. The maximum Gasteiger partial charge on any atom is 0.271 e. The number of piperidine rings is 1. The number of anilines is 1. The van der Waals surface area contributed by atoms with Gasteiger partial charge < -0.3 is 10.2 Å². The van der Waals surface area contributed by atoms with Crippen LogP contribution in [0.3, 0.4) is 0 Å². The Morgan fingerprint density at radius 1 is 1.40 bits per heavy atom. The summed E-state index contributed by atoms with van der Waals surface area (Å²) in [6.07, 6.45) is 4.10. The molecule has 1 fully saturated rings. The van der Waals surface area contributed by atoms with Gasteiger partial charge in [-0.3, -0.25) is 9.89 Å². The topological polar surface area (TPSA) is 73.9 Å². The summed E-state index contributed by atoms with van der Waals surface area (Å²) in [5.41, 5.74) is 1.32. The molecule has 3 aromatic heterocycles. The largest absolute Gasteiger partial charge is 0.350 e. The van der Waals surface area contributed by atoms with Crippen LogP contribution < -0.4 is 10.2 Å². The van der Waals surface area contributed by atoms with Crippen molar-refractivity contribution in [3.63, 3.8) is 0 Å². The first kappa shape index (κ1) is 16.3. The Balaban J connectivity index is 1.32. The molecule has 6 nitrogen and oxygen atoms in total. The Labute approximate surface area is 153 Å². The van der Waals surface area contributed by atoms with Crippen LogP contribution in [-0.4, -0.2) is 40.7 Å². The van der Waals surface area contributed by atoms with Gasteiger partial charge in [-0.15, -0.1) is 22.7 Å². The van der Waals surface area contributed by atoms with Gasteiger partial charge in [0.2, 0.25) is 0 Å². The van der Waals surface area contributed by atoms with Crippen molar-refractivity contribution in [3.05, 3.63) is 40.8 Å².